The zero-order valence-corrected chi connectivity index (χ0v) is 19.8. The van der Waals surface area contributed by atoms with Gasteiger partial charge < -0.3 is 5.11 Å². The van der Waals surface area contributed by atoms with Gasteiger partial charge in [0.05, 0.1) is 6.10 Å². The van der Waals surface area contributed by atoms with Gasteiger partial charge in [-0.3, -0.25) is 0 Å². The number of hydrogen-bond acceptors (Lipinski definition) is 1. The van der Waals surface area contributed by atoms with E-state index in [-0.39, 0.29) is 6.10 Å². The Bertz CT molecular complexity index is 665. The smallest absolute Gasteiger partial charge is 0.0611 e. The number of fused-ring (bicyclic) bond motifs is 4. The van der Waals surface area contributed by atoms with E-state index in [0.29, 0.717) is 28.1 Å². The molecule has 1 N–H and O–H groups in total. The summed E-state index contributed by atoms with van der Waals surface area (Å²) in [6, 6.07) is 0. The molecular formula is C28H46O. The van der Waals surface area contributed by atoms with Crippen molar-refractivity contribution < 1.29 is 5.11 Å². The van der Waals surface area contributed by atoms with Gasteiger partial charge in [0.1, 0.15) is 0 Å². The molecule has 0 amide bonds. The van der Waals surface area contributed by atoms with Crippen molar-refractivity contribution in [1.82, 2.24) is 0 Å². The highest BCUT2D eigenvalue weighted by atomic mass is 16.3. The number of hydrogen-bond donors (Lipinski definition) is 1. The normalized spacial score (nSPS) is 53.8. The third-order valence-corrected chi connectivity index (χ3v) is 11.5. The lowest BCUT2D eigenvalue weighted by Gasteiger charge is -2.61. The van der Waals surface area contributed by atoms with Crippen LogP contribution in [-0.4, -0.2) is 11.2 Å². The van der Waals surface area contributed by atoms with Gasteiger partial charge in [0.15, 0.2) is 0 Å². The van der Waals surface area contributed by atoms with Crippen LogP contribution in [0.4, 0.5) is 0 Å². The average molecular weight is 399 g/mol. The zero-order chi connectivity index (χ0) is 20.6. The van der Waals surface area contributed by atoms with Crippen molar-refractivity contribution >= 4 is 0 Å². The first-order chi connectivity index (χ1) is 13.7. The summed E-state index contributed by atoms with van der Waals surface area (Å²) in [5.74, 6) is 5.26. The van der Waals surface area contributed by atoms with E-state index in [9.17, 15) is 5.11 Å². The second kappa shape index (κ2) is 6.85. The van der Waals surface area contributed by atoms with E-state index in [1.54, 1.807) is 0 Å². The minimum absolute atomic E-state index is 0.0320. The Morgan fingerprint density at radius 1 is 0.966 bits per heavy atom. The van der Waals surface area contributed by atoms with E-state index in [2.05, 4.69) is 46.8 Å². The summed E-state index contributed by atoms with van der Waals surface area (Å²) in [5, 5.41) is 11.6. The number of allylic oxidation sites excluding steroid dienone is 2. The maximum atomic E-state index is 11.6. The maximum Gasteiger partial charge on any atom is 0.0611 e. The first kappa shape index (κ1) is 20.6. The molecule has 0 radical (unpaired) electrons. The molecule has 4 fully saturated rings. The molecule has 1 spiro atoms. The van der Waals surface area contributed by atoms with E-state index < -0.39 is 0 Å². The van der Waals surface area contributed by atoms with Crippen molar-refractivity contribution in [2.75, 3.05) is 0 Å². The Balaban J connectivity index is 1.38. The van der Waals surface area contributed by atoms with E-state index in [4.69, 9.17) is 0 Å². The molecule has 5 rings (SSSR count). The highest BCUT2D eigenvalue weighted by molar-refractivity contribution is 5.31. The molecule has 0 aliphatic heterocycles. The van der Waals surface area contributed by atoms with Crippen LogP contribution in [0.15, 0.2) is 12.2 Å². The van der Waals surface area contributed by atoms with Crippen LogP contribution in [0.5, 0.6) is 0 Å². The molecule has 0 saturated heterocycles. The molecule has 0 bridgehead atoms. The van der Waals surface area contributed by atoms with Crippen molar-refractivity contribution in [3.8, 4) is 0 Å². The number of aliphatic hydroxyl groups excluding tert-OH is 1. The predicted molar refractivity (Wildman–Crippen MR) is 121 cm³/mol. The summed E-state index contributed by atoms with van der Waals surface area (Å²) in [6.45, 7) is 12.6. The molecule has 0 aromatic heterocycles. The Labute approximate surface area is 180 Å². The molecule has 4 saturated carbocycles. The molecular weight excluding hydrogens is 352 g/mol. The van der Waals surface area contributed by atoms with Crippen LogP contribution >= 0.6 is 0 Å². The molecule has 10 atom stereocenters. The van der Waals surface area contributed by atoms with Crippen molar-refractivity contribution in [2.24, 2.45) is 57.7 Å². The molecule has 0 heterocycles. The first-order valence-electron chi connectivity index (χ1n) is 13.1. The highest BCUT2D eigenvalue weighted by Gasteiger charge is 2.75. The van der Waals surface area contributed by atoms with Crippen LogP contribution in [0.25, 0.3) is 0 Å². The van der Waals surface area contributed by atoms with Gasteiger partial charge in [0, 0.05) is 0 Å². The fraction of sp³-hybridized carbons (Fsp3) is 0.929. The molecule has 0 aromatic carbocycles. The quantitative estimate of drug-likeness (QED) is 0.484. The van der Waals surface area contributed by atoms with Gasteiger partial charge in [-0.1, -0.05) is 66.0 Å². The molecule has 164 valence electrons. The summed E-state index contributed by atoms with van der Waals surface area (Å²) in [4.78, 5) is 0. The van der Waals surface area contributed by atoms with Gasteiger partial charge in [-0.2, -0.15) is 0 Å². The van der Waals surface area contributed by atoms with E-state index in [1.165, 1.54) is 64.2 Å². The zero-order valence-electron chi connectivity index (χ0n) is 19.8. The third kappa shape index (κ3) is 2.74. The Kier molecular flexibility index (Phi) is 4.86. The maximum absolute atomic E-state index is 11.6. The van der Waals surface area contributed by atoms with Gasteiger partial charge in [0.2, 0.25) is 0 Å². The van der Waals surface area contributed by atoms with Crippen molar-refractivity contribution in [1.29, 1.82) is 0 Å². The second-order valence-corrected chi connectivity index (χ2v) is 13.0. The van der Waals surface area contributed by atoms with Crippen LogP contribution in [-0.2, 0) is 0 Å². The van der Waals surface area contributed by atoms with Crippen molar-refractivity contribution in [3.05, 3.63) is 12.2 Å². The summed E-state index contributed by atoms with van der Waals surface area (Å²) >= 11 is 0. The fourth-order valence-electron chi connectivity index (χ4n) is 9.92. The van der Waals surface area contributed by atoms with Gasteiger partial charge in [-0.05, 0) is 103 Å². The Morgan fingerprint density at radius 2 is 1.76 bits per heavy atom. The Hall–Kier alpha value is -0.300. The van der Waals surface area contributed by atoms with Crippen LogP contribution in [0, 0.1) is 57.7 Å². The van der Waals surface area contributed by atoms with E-state index in [1.807, 2.05) is 0 Å². The summed E-state index contributed by atoms with van der Waals surface area (Å²) in [5.41, 5.74) is 1.30. The van der Waals surface area contributed by atoms with Crippen molar-refractivity contribution in [3.63, 3.8) is 0 Å². The minimum Gasteiger partial charge on any atom is -0.392 e. The summed E-state index contributed by atoms with van der Waals surface area (Å²) in [6.07, 6.45) is 18.7. The van der Waals surface area contributed by atoms with Gasteiger partial charge in [-0.25, -0.2) is 0 Å². The van der Waals surface area contributed by atoms with Crippen LogP contribution < -0.4 is 0 Å². The lowest BCUT2D eigenvalue weighted by atomic mass is 9.44. The lowest BCUT2D eigenvalue weighted by Crippen LogP contribution is -2.58. The van der Waals surface area contributed by atoms with E-state index in [0.717, 1.165) is 29.6 Å². The van der Waals surface area contributed by atoms with E-state index >= 15 is 0 Å². The Morgan fingerprint density at radius 3 is 2.52 bits per heavy atom. The monoisotopic (exact) mass is 398 g/mol. The SMILES string of the molecule is CC(C)CCCC(C)C1CCC2C3C(O)C4CC45C=CCCC5(C)C3CCC12C. The standard InChI is InChI=1S/C28H46O/c1-18(2)9-8-10-19(3)20-11-12-21-24-22(13-16-26(20,21)4)27(5)14-6-7-15-28(27)17-23(28)25(24)29/h7,15,18-25,29H,6,8-14,16-17H2,1-5H3. The highest BCUT2D eigenvalue weighted by Crippen LogP contribution is 2.79. The predicted octanol–water partition coefficient (Wildman–Crippen LogP) is 7.24. The molecule has 10 unspecified atom stereocenters. The third-order valence-electron chi connectivity index (χ3n) is 11.5. The van der Waals surface area contributed by atoms with Gasteiger partial charge in [0.25, 0.3) is 0 Å². The summed E-state index contributed by atoms with van der Waals surface area (Å²) in [7, 11) is 0. The number of aliphatic hydroxyl groups is 1. The molecule has 29 heavy (non-hydrogen) atoms. The molecule has 1 heteroatoms. The molecule has 1 nitrogen and oxygen atoms in total. The average Bonchev–Trinajstić information content (AvgIpc) is 3.30. The molecule has 5 aliphatic rings. The molecule has 0 aromatic rings. The largest absolute Gasteiger partial charge is 0.392 e. The van der Waals surface area contributed by atoms with Gasteiger partial charge >= 0.3 is 0 Å². The second-order valence-electron chi connectivity index (χ2n) is 13.0. The minimum atomic E-state index is -0.0320. The topological polar surface area (TPSA) is 20.2 Å². The van der Waals surface area contributed by atoms with Gasteiger partial charge in [-0.15, -0.1) is 0 Å². The number of rotatable bonds is 5. The van der Waals surface area contributed by atoms with Crippen molar-refractivity contribution in [2.45, 2.75) is 105 Å². The summed E-state index contributed by atoms with van der Waals surface area (Å²) < 4.78 is 0. The van der Waals surface area contributed by atoms with Crippen LogP contribution in [0.3, 0.4) is 0 Å². The fourth-order valence-corrected chi connectivity index (χ4v) is 9.92. The van der Waals surface area contributed by atoms with Crippen LogP contribution in [0.1, 0.15) is 98.8 Å². The lowest BCUT2D eigenvalue weighted by molar-refractivity contribution is -0.152. The first-order valence-corrected chi connectivity index (χ1v) is 13.1. The van der Waals surface area contributed by atoms with Crippen LogP contribution in [0.2, 0.25) is 0 Å². The molecule has 5 aliphatic carbocycles.